The number of hydrogen-bond acceptors (Lipinski definition) is 3. The molecule has 1 aliphatic heterocycles. The van der Waals surface area contributed by atoms with Gasteiger partial charge >= 0.3 is 0 Å². The summed E-state index contributed by atoms with van der Waals surface area (Å²) in [5.41, 5.74) is 0. The Bertz CT molecular complexity index is 132. The Morgan fingerprint density at radius 2 is 2.17 bits per heavy atom. The molecule has 0 spiro atoms. The molecule has 1 unspecified atom stereocenters. The monoisotopic (exact) mass is 170 g/mol. The summed E-state index contributed by atoms with van der Waals surface area (Å²) in [7, 11) is 0. The summed E-state index contributed by atoms with van der Waals surface area (Å²) >= 11 is 0. The molecule has 0 aromatic heterocycles. The van der Waals surface area contributed by atoms with E-state index in [2.05, 4.69) is 10.2 Å². The fourth-order valence-electron chi connectivity index (χ4n) is 1.50. The van der Waals surface area contributed by atoms with Crippen molar-refractivity contribution in [3.8, 4) is 0 Å². The van der Waals surface area contributed by atoms with Crippen molar-refractivity contribution in [1.29, 1.82) is 0 Å². The third-order valence-electron chi connectivity index (χ3n) is 2.30. The van der Waals surface area contributed by atoms with E-state index in [-0.39, 0.29) is 6.04 Å². The van der Waals surface area contributed by atoms with Gasteiger partial charge in [-0.3, -0.25) is 0 Å². The molecule has 0 aromatic carbocycles. The van der Waals surface area contributed by atoms with E-state index >= 15 is 0 Å². The first-order chi connectivity index (χ1) is 5.83. The lowest BCUT2D eigenvalue weighted by Crippen LogP contribution is -2.35. The quantitative estimate of drug-likeness (QED) is 0.601. The number of likely N-dealkylation sites (tertiary alicyclic amines) is 1. The normalized spacial score (nSPS) is 21.1. The summed E-state index contributed by atoms with van der Waals surface area (Å²) in [6.07, 6.45) is 3.62. The van der Waals surface area contributed by atoms with Gasteiger partial charge in [-0.25, -0.2) is 0 Å². The Hall–Kier alpha value is -0.410. The second kappa shape index (κ2) is 5.27. The number of hydrogen-bond donors (Lipinski definition) is 1. The zero-order valence-electron chi connectivity index (χ0n) is 7.75. The Morgan fingerprint density at radius 3 is 2.75 bits per heavy atom. The Kier molecular flexibility index (Phi) is 4.25. The third-order valence-corrected chi connectivity index (χ3v) is 2.30. The van der Waals surface area contributed by atoms with Crippen molar-refractivity contribution in [3.05, 3.63) is 0 Å². The van der Waals surface area contributed by atoms with Crippen LogP contribution in [-0.2, 0) is 4.79 Å². The van der Waals surface area contributed by atoms with Crippen LogP contribution in [0.3, 0.4) is 0 Å². The van der Waals surface area contributed by atoms with Gasteiger partial charge in [-0.2, -0.15) is 0 Å². The minimum absolute atomic E-state index is 0.00704. The van der Waals surface area contributed by atoms with E-state index in [1.54, 1.807) is 0 Å². The molecular weight excluding hydrogens is 152 g/mol. The number of carbonyl (C=O) groups is 1. The van der Waals surface area contributed by atoms with Crippen molar-refractivity contribution in [1.82, 2.24) is 10.2 Å². The van der Waals surface area contributed by atoms with Crippen molar-refractivity contribution in [2.75, 3.05) is 26.2 Å². The van der Waals surface area contributed by atoms with Gasteiger partial charge in [0.2, 0.25) is 0 Å². The molecule has 1 saturated heterocycles. The van der Waals surface area contributed by atoms with Gasteiger partial charge in [0.15, 0.2) is 0 Å². The van der Waals surface area contributed by atoms with Crippen LogP contribution in [-0.4, -0.2) is 43.4 Å². The average Bonchev–Trinajstić information content (AvgIpc) is 2.57. The lowest BCUT2D eigenvalue weighted by Gasteiger charge is -2.15. The molecule has 0 aromatic rings. The smallest absolute Gasteiger partial charge is 0.136 e. The van der Waals surface area contributed by atoms with Gasteiger partial charge in [-0.1, -0.05) is 0 Å². The van der Waals surface area contributed by atoms with Gasteiger partial charge in [0, 0.05) is 13.1 Å². The topological polar surface area (TPSA) is 32.3 Å². The van der Waals surface area contributed by atoms with Gasteiger partial charge in [-0.15, -0.1) is 0 Å². The maximum atomic E-state index is 10.3. The molecule has 1 N–H and O–H groups in total. The summed E-state index contributed by atoms with van der Waals surface area (Å²) in [6, 6.07) is 0.00704. The van der Waals surface area contributed by atoms with Crippen molar-refractivity contribution in [3.63, 3.8) is 0 Å². The highest BCUT2D eigenvalue weighted by Crippen LogP contribution is 2.05. The molecule has 1 rings (SSSR count). The van der Waals surface area contributed by atoms with Gasteiger partial charge < -0.3 is 15.0 Å². The maximum Gasteiger partial charge on any atom is 0.136 e. The molecule has 1 fully saturated rings. The zero-order valence-corrected chi connectivity index (χ0v) is 7.75. The van der Waals surface area contributed by atoms with Gasteiger partial charge in [0.25, 0.3) is 0 Å². The van der Waals surface area contributed by atoms with Crippen molar-refractivity contribution >= 4 is 6.29 Å². The molecule has 0 aliphatic carbocycles. The number of nitrogens with zero attached hydrogens (tertiary/aromatic N) is 1. The van der Waals surface area contributed by atoms with E-state index in [0.29, 0.717) is 0 Å². The Balaban J connectivity index is 1.97. The molecule has 0 saturated carbocycles. The van der Waals surface area contributed by atoms with Gasteiger partial charge in [-0.05, 0) is 32.9 Å². The molecule has 0 bridgehead atoms. The van der Waals surface area contributed by atoms with Gasteiger partial charge in [0.05, 0.1) is 6.04 Å². The lowest BCUT2D eigenvalue weighted by molar-refractivity contribution is -0.109. The highest BCUT2D eigenvalue weighted by molar-refractivity contribution is 5.56. The first-order valence-corrected chi connectivity index (χ1v) is 4.74. The van der Waals surface area contributed by atoms with Crippen molar-refractivity contribution < 1.29 is 4.79 Å². The van der Waals surface area contributed by atoms with E-state index in [1.807, 2.05) is 6.92 Å². The number of rotatable bonds is 5. The first-order valence-electron chi connectivity index (χ1n) is 4.74. The molecule has 0 amide bonds. The van der Waals surface area contributed by atoms with Crippen LogP contribution in [0.2, 0.25) is 0 Å². The standard InChI is InChI=1S/C9H18N2O/c1-9(8-12)10-4-7-11-5-2-3-6-11/h8-10H,2-7H2,1H3. The summed E-state index contributed by atoms with van der Waals surface area (Å²) in [6.45, 7) is 6.36. The minimum atomic E-state index is 0.00704. The van der Waals surface area contributed by atoms with E-state index in [9.17, 15) is 4.79 Å². The van der Waals surface area contributed by atoms with Crippen LogP contribution in [0.1, 0.15) is 19.8 Å². The van der Waals surface area contributed by atoms with E-state index in [1.165, 1.54) is 25.9 Å². The number of carbonyl (C=O) groups excluding carboxylic acids is 1. The van der Waals surface area contributed by atoms with Crippen LogP contribution in [0.4, 0.5) is 0 Å². The van der Waals surface area contributed by atoms with E-state index < -0.39 is 0 Å². The third kappa shape index (κ3) is 3.32. The van der Waals surface area contributed by atoms with Crippen LogP contribution in [0, 0.1) is 0 Å². The fraction of sp³-hybridized carbons (Fsp3) is 0.889. The van der Waals surface area contributed by atoms with Crippen LogP contribution < -0.4 is 5.32 Å². The Labute approximate surface area is 74.1 Å². The number of nitrogens with one attached hydrogen (secondary N) is 1. The molecule has 1 aliphatic rings. The summed E-state index contributed by atoms with van der Waals surface area (Å²) in [4.78, 5) is 12.7. The molecule has 70 valence electrons. The fourth-order valence-corrected chi connectivity index (χ4v) is 1.50. The minimum Gasteiger partial charge on any atom is -0.307 e. The molecular formula is C9H18N2O. The SMILES string of the molecule is CC(C=O)NCCN1CCCC1. The molecule has 12 heavy (non-hydrogen) atoms. The van der Waals surface area contributed by atoms with Crippen LogP contribution >= 0.6 is 0 Å². The van der Waals surface area contributed by atoms with Crippen LogP contribution in [0.5, 0.6) is 0 Å². The van der Waals surface area contributed by atoms with E-state index in [0.717, 1.165) is 19.4 Å². The lowest BCUT2D eigenvalue weighted by atomic mass is 10.4. The molecule has 0 radical (unpaired) electrons. The average molecular weight is 170 g/mol. The molecule has 1 atom stereocenters. The molecule has 1 heterocycles. The van der Waals surface area contributed by atoms with Crippen molar-refractivity contribution in [2.24, 2.45) is 0 Å². The zero-order chi connectivity index (χ0) is 8.81. The molecule has 3 nitrogen and oxygen atoms in total. The largest absolute Gasteiger partial charge is 0.307 e. The second-order valence-electron chi connectivity index (χ2n) is 3.43. The van der Waals surface area contributed by atoms with Crippen molar-refractivity contribution in [2.45, 2.75) is 25.8 Å². The second-order valence-corrected chi connectivity index (χ2v) is 3.43. The highest BCUT2D eigenvalue weighted by atomic mass is 16.1. The first kappa shape index (κ1) is 9.68. The predicted octanol–water partition coefficient (Wildman–Crippen LogP) is 0.259. The van der Waals surface area contributed by atoms with Crippen LogP contribution in [0.15, 0.2) is 0 Å². The highest BCUT2D eigenvalue weighted by Gasteiger charge is 2.10. The number of aldehydes is 1. The summed E-state index contributed by atoms with van der Waals surface area (Å²) in [5.74, 6) is 0. The van der Waals surface area contributed by atoms with Gasteiger partial charge in [0.1, 0.15) is 6.29 Å². The van der Waals surface area contributed by atoms with E-state index in [4.69, 9.17) is 0 Å². The summed E-state index contributed by atoms with van der Waals surface area (Å²) < 4.78 is 0. The predicted molar refractivity (Wildman–Crippen MR) is 49.2 cm³/mol. The molecule has 3 heteroatoms. The van der Waals surface area contributed by atoms with Crippen LogP contribution in [0.25, 0.3) is 0 Å². The Morgan fingerprint density at radius 1 is 1.50 bits per heavy atom. The summed E-state index contributed by atoms with van der Waals surface area (Å²) in [5, 5.41) is 3.15. The maximum absolute atomic E-state index is 10.3.